The van der Waals surface area contributed by atoms with Crippen LogP contribution < -0.4 is 4.72 Å². The van der Waals surface area contributed by atoms with Gasteiger partial charge < -0.3 is 0 Å². The number of nitrogens with one attached hydrogen (secondary N) is 1. The van der Waals surface area contributed by atoms with Crippen molar-refractivity contribution in [2.75, 3.05) is 6.54 Å². The predicted octanol–water partition coefficient (Wildman–Crippen LogP) is 2.52. The fourth-order valence-corrected chi connectivity index (χ4v) is 5.05. The van der Waals surface area contributed by atoms with Crippen molar-refractivity contribution in [3.8, 4) is 0 Å². The van der Waals surface area contributed by atoms with Gasteiger partial charge in [-0.05, 0) is 18.8 Å². The van der Waals surface area contributed by atoms with Gasteiger partial charge in [-0.1, -0.05) is 24.4 Å². The molecular weight excluding hydrogens is 306 g/mol. The number of imidazole rings is 1. The first-order chi connectivity index (χ1) is 9.08. The van der Waals surface area contributed by atoms with Crippen LogP contribution in [0.3, 0.4) is 0 Å². The number of hydrogen-bond acceptors (Lipinski definition) is 4. The van der Waals surface area contributed by atoms with E-state index >= 15 is 0 Å². The van der Waals surface area contributed by atoms with Crippen LogP contribution in [0.25, 0.3) is 4.96 Å². The fraction of sp³-hybridized carbons (Fsp3) is 0.545. The molecule has 3 rings (SSSR count). The molecule has 0 aliphatic heterocycles. The van der Waals surface area contributed by atoms with Gasteiger partial charge in [-0.2, -0.15) is 0 Å². The van der Waals surface area contributed by atoms with Crippen molar-refractivity contribution in [1.82, 2.24) is 14.1 Å². The lowest BCUT2D eigenvalue weighted by molar-refractivity contribution is 0.518. The van der Waals surface area contributed by atoms with Gasteiger partial charge >= 0.3 is 0 Å². The van der Waals surface area contributed by atoms with Crippen LogP contribution in [-0.4, -0.2) is 24.3 Å². The third-order valence-electron chi connectivity index (χ3n) is 3.47. The molecular formula is C11H14ClN3O2S2. The highest BCUT2D eigenvalue weighted by Crippen LogP contribution is 2.27. The lowest BCUT2D eigenvalue weighted by Crippen LogP contribution is -2.29. The van der Waals surface area contributed by atoms with Gasteiger partial charge in [-0.15, -0.1) is 11.3 Å². The Morgan fingerprint density at radius 2 is 2.21 bits per heavy atom. The van der Waals surface area contributed by atoms with Crippen LogP contribution in [0, 0.1) is 5.92 Å². The number of hydrogen-bond donors (Lipinski definition) is 1. The molecule has 0 amide bonds. The number of aromatic nitrogens is 2. The van der Waals surface area contributed by atoms with Crippen LogP contribution in [0.4, 0.5) is 0 Å². The molecule has 0 spiro atoms. The molecule has 2 aromatic rings. The second kappa shape index (κ2) is 5.05. The Morgan fingerprint density at radius 3 is 2.95 bits per heavy atom. The maximum Gasteiger partial charge on any atom is 0.259 e. The number of sulfonamides is 1. The topological polar surface area (TPSA) is 63.5 Å². The normalized spacial score (nSPS) is 17.5. The minimum atomic E-state index is -3.61. The second-order valence-corrected chi connectivity index (χ2v) is 7.68. The van der Waals surface area contributed by atoms with Gasteiger partial charge in [-0.25, -0.2) is 18.1 Å². The summed E-state index contributed by atoms with van der Waals surface area (Å²) in [4.78, 5) is 4.64. The average molecular weight is 320 g/mol. The van der Waals surface area contributed by atoms with E-state index in [1.165, 1.54) is 28.6 Å². The third kappa shape index (κ3) is 2.52. The van der Waals surface area contributed by atoms with Gasteiger partial charge in [0.2, 0.25) is 0 Å². The molecule has 2 aromatic heterocycles. The van der Waals surface area contributed by atoms with Crippen molar-refractivity contribution in [1.29, 1.82) is 0 Å². The van der Waals surface area contributed by atoms with Crippen LogP contribution in [-0.2, 0) is 10.0 Å². The number of nitrogens with zero attached hydrogens (tertiary/aromatic N) is 2. The SMILES string of the molecule is O=S(=O)(NCC1CCCC1)c1c(Cl)nc2sccn12. The smallest absolute Gasteiger partial charge is 0.259 e. The quantitative estimate of drug-likeness (QED) is 0.941. The Balaban J connectivity index is 1.86. The van der Waals surface area contributed by atoms with E-state index in [4.69, 9.17) is 11.6 Å². The number of thiazole rings is 1. The van der Waals surface area contributed by atoms with Crippen LogP contribution in [0.1, 0.15) is 25.7 Å². The molecule has 0 radical (unpaired) electrons. The van der Waals surface area contributed by atoms with E-state index in [1.54, 1.807) is 11.6 Å². The summed E-state index contributed by atoms with van der Waals surface area (Å²) in [7, 11) is -3.61. The maximum atomic E-state index is 12.3. The summed E-state index contributed by atoms with van der Waals surface area (Å²) in [6.45, 7) is 0.482. The standard InChI is InChI=1S/C11H14ClN3O2S2/c12-9-10(15-5-6-18-11(15)14-9)19(16,17)13-7-8-3-1-2-4-8/h5-6,8,13H,1-4,7H2. The summed E-state index contributed by atoms with van der Waals surface area (Å²) >= 11 is 7.30. The summed E-state index contributed by atoms with van der Waals surface area (Å²) < 4.78 is 28.8. The molecule has 1 N–H and O–H groups in total. The van der Waals surface area contributed by atoms with Crippen LogP contribution >= 0.6 is 22.9 Å². The minimum Gasteiger partial charge on any atom is -0.279 e. The lowest BCUT2D eigenvalue weighted by atomic mass is 10.1. The van der Waals surface area contributed by atoms with Gasteiger partial charge in [-0.3, -0.25) is 4.40 Å². The van der Waals surface area contributed by atoms with E-state index < -0.39 is 10.0 Å². The van der Waals surface area contributed by atoms with Gasteiger partial charge in [0.1, 0.15) is 0 Å². The molecule has 8 heteroatoms. The van der Waals surface area contributed by atoms with Gasteiger partial charge in [0.25, 0.3) is 10.0 Å². The highest BCUT2D eigenvalue weighted by atomic mass is 35.5. The van der Waals surface area contributed by atoms with Gasteiger partial charge in [0, 0.05) is 18.1 Å². The molecule has 1 fully saturated rings. The Morgan fingerprint density at radius 1 is 1.47 bits per heavy atom. The Hall–Kier alpha value is -0.630. The first-order valence-electron chi connectivity index (χ1n) is 6.18. The second-order valence-electron chi connectivity index (χ2n) is 4.77. The summed E-state index contributed by atoms with van der Waals surface area (Å²) in [6.07, 6.45) is 6.24. The molecule has 5 nitrogen and oxygen atoms in total. The summed E-state index contributed by atoms with van der Waals surface area (Å²) in [5.41, 5.74) is 0. The van der Waals surface area contributed by atoms with E-state index in [9.17, 15) is 8.42 Å². The number of fused-ring (bicyclic) bond motifs is 1. The largest absolute Gasteiger partial charge is 0.279 e. The molecule has 1 saturated carbocycles. The van der Waals surface area contributed by atoms with Gasteiger partial charge in [0.05, 0.1) is 0 Å². The first kappa shape index (κ1) is 13.4. The Kier molecular flexibility index (Phi) is 3.55. The molecule has 19 heavy (non-hydrogen) atoms. The number of rotatable bonds is 4. The van der Waals surface area contributed by atoms with Crippen molar-refractivity contribution in [2.45, 2.75) is 30.7 Å². The monoisotopic (exact) mass is 319 g/mol. The molecule has 2 heterocycles. The van der Waals surface area contributed by atoms with E-state index in [2.05, 4.69) is 9.71 Å². The van der Waals surface area contributed by atoms with Crippen molar-refractivity contribution < 1.29 is 8.42 Å². The molecule has 1 aliphatic carbocycles. The minimum absolute atomic E-state index is 0.0331. The zero-order valence-electron chi connectivity index (χ0n) is 10.2. The van der Waals surface area contributed by atoms with E-state index in [-0.39, 0.29) is 10.2 Å². The van der Waals surface area contributed by atoms with E-state index in [1.807, 2.05) is 0 Å². The van der Waals surface area contributed by atoms with E-state index in [0.29, 0.717) is 17.4 Å². The molecule has 0 aromatic carbocycles. The summed E-state index contributed by atoms with van der Waals surface area (Å²) in [5.74, 6) is 0.444. The summed E-state index contributed by atoms with van der Waals surface area (Å²) in [5, 5.41) is 1.86. The van der Waals surface area contributed by atoms with E-state index in [0.717, 1.165) is 12.8 Å². The molecule has 0 unspecified atom stereocenters. The average Bonchev–Trinajstić information content (AvgIpc) is 3.01. The van der Waals surface area contributed by atoms with Crippen LogP contribution in [0.2, 0.25) is 5.15 Å². The number of halogens is 1. The zero-order chi connectivity index (χ0) is 13.5. The molecule has 0 bridgehead atoms. The first-order valence-corrected chi connectivity index (χ1v) is 8.93. The van der Waals surface area contributed by atoms with Crippen molar-refractivity contribution in [2.24, 2.45) is 5.92 Å². The van der Waals surface area contributed by atoms with Crippen LogP contribution in [0.15, 0.2) is 16.6 Å². The molecule has 1 aliphatic rings. The highest BCUT2D eigenvalue weighted by molar-refractivity contribution is 7.89. The maximum absolute atomic E-state index is 12.3. The predicted molar refractivity (Wildman–Crippen MR) is 75.2 cm³/mol. The van der Waals surface area contributed by atoms with Crippen molar-refractivity contribution in [3.05, 3.63) is 16.7 Å². The third-order valence-corrected chi connectivity index (χ3v) is 6.05. The highest BCUT2D eigenvalue weighted by Gasteiger charge is 2.26. The zero-order valence-corrected chi connectivity index (χ0v) is 12.6. The lowest BCUT2D eigenvalue weighted by Gasteiger charge is -2.10. The van der Waals surface area contributed by atoms with Gasteiger partial charge in [0.15, 0.2) is 15.1 Å². The van der Waals surface area contributed by atoms with Crippen molar-refractivity contribution >= 4 is 37.9 Å². The molecule has 0 saturated heterocycles. The molecule has 0 atom stereocenters. The summed E-state index contributed by atoms with van der Waals surface area (Å²) in [6, 6.07) is 0. The van der Waals surface area contributed by atoms with Crippen LogP contribution in [0.5, 0.6) is 0 Å². The fourth-order valence-electron chi connectivity index (χ4n) is 2.49. The molecule has 104 valence electrons. The Bertz CT molecular complexity index is 686. The Labute approximate surface area is 120 Å². The van der Waals surface area contributed by atoms with Crippen molar-refractivity contribution in [3.63, 3.8) is 0 Å².